The van der Waals surface area contributed by atoms with Crippen LogP contribution in [0.15, 0.2) is 18.2 Å². The maximum atomic E-state index is 13.7. The lowest BCUT2D eigenvalue weighted by molar-refractivity contribution is -0.142. The molecule has 0 bridgehead atoms. The van der Waals surface area contributed by atoms with Crippen LogP contribution in [0.2, 0.25) is 0 Å². The third-order valence-electron chi connectivity index (χ3n) is 3.99. The number of benzene rings is 1. The normalized spacial score (nSPS) is 24.4. The number of aliphatic carboxylic acids is 1. The van der Waals surface area contributed by atoms with Gasteiger partial charge in [-0.1, -0.05) is 6.07 Å². The van der Waals surface area contributed by atoms with E-state index in [9.17, 15) is 13.6 Å². The number of nitrogens with one attached hydrogen (secondary N) is 1. The van der Waals surface area contributed by atoms with E-state index in [0.717, 1.165) is 18.9 Å². The summed E-state index contributed by atoms with van der Waals surface area (Å²) in [6.07, 6.45) is 2.82. The van der Waals surface area contributed by atoms with E-state index in [1.54, 1.807) is 0 Å². The van der Waals surface area contributed by atoms with Crippen LogP contribution in [-0.4, -0.2) is 17.1 Å². The zero-order valence-electron chi connectivity index (χ0n) is 11.4. The Morgan fingerprint density at radius 2 is 1.95 bits per heavy atom. The Morgan fingerprint density at radius 3 is 2.50 bits per heavy atom. The zero-order valence-corrected chi connectivity index (χ0v) is 11.4. The van der Waals surface area contributed by atoms with Gasteiger partial charge in [0.2, 0.25) is 0 Å². The summed E-state index contributed by atoms with van der Waals surface area (Å²) in [6.45, 7) is 1.83. The summed E-state index contributed by atoms with van der Waals surface area (Å²) >= 11 is 0. The second-order valence-electron chi connectivity index (χ2n) is 5.44. The minimum atomic E-state index is -0.735. The van der Waals surface area contributed by atoms with Gasteiger partial charge in [-0.15, -0.1) is 0 Å². The predicted octanol–water partition coefficient (Wildman–Crippen LogP) is 3.26. The fraction of sp³-hybridized carbons (Fsp3) is 0.533. The lowest BCUT2D eigenvalue weighted by Crippen LogP contribution is -2.36. The van der Waals surface area contributed by atoms with Crippen molar-refractivity contribution in [1.29, 1.82) is 0 Å². The van der Waals surface area contributed by atoms with Crippen LogP contribution >= 0.6 is 0 Å². The van der Waals surface area contributed by atoms with Crippen molar-refractivity contribution in [1.82, 2.24) is 5.32 Å². The molecule has 0 aromatic heterocycles. The molecule has 1 fully saturated rings. The Kier molecular flexibility index (Phi) is 4.70. The first-order valence-corrected chi connectivity index (χ1v) is 6.91. The average Bonchev–Trinajstić information content (AvgIpc) is 2.39. The van der Waals surface area contributed by atoms with Gasteiger partial charge >= 0.3 is 5.97 Å². The van der Waals surface area contributed by atoms with Crippen molar-refractivity contribution in [3.05, 3.63) is 35.4 Å². The summed E-state index contributed by atoms with van der Waals surface area (Å²) in [5, 5.41) is 12.2. The Morgan fingerprint density at radius 1 is 1.30 bits per heavy atom. The first kappa shape index (κ1) is 14.9. The van der Waals surface area contributed by atoms with E-state index in [-0.39, 0.29) is 18.0 Å². The summed E-state index contributed by atoms with van der Waals surface area (Å²) in [5.41, 5.74) is 0.437. The van der Waals surface area contributed by atoms with Crippen molar-refractivity contribution in [3.63, 3.8) is 0 Å². The quantitative estimate of drug-likeness (QED) is 0.891. The van der Waals surface area contributed by atoms with Crippen LogP contribution in [0, 0.1) is 17.6 Å². The van der Waals surface area contributed by atoms with Crippen LogP contribution in [0.1, 0.15) is 44.2 Å². The van der Waals surface area contributed by atoms with Gasteiger partial charge in [0.15, 0.2) is 0 Å². The smallest absolute Gasteiger partial charge is 0.306 e. The van der Waals surface area contributed by atoms with Gasteiger partial charge < -0.3 is 10.4 Å². The number of halogens is 2. The summed E-state index contributed by atoms with van der Waals surface area (Å²) in [7, 11) is 0. The maximum Gasteiger partial charge on any atom is 0.306 e. The van der Waals surface area contributed by atoms with Crippen LogP contribution < -0.4 is 5.32 Å². The van der Waals surface area contributed by atoms with Gasteiger partial charge in [0.05, 0.1) is 5.92 Å². The molecular formula is C15H19F2NO2. The van der Waals surface area contributed by atoms with Crippen LogP contribution in [0.5, 0.6) is 0 Å². The minimum absolute atomic E-state index is 0.185. The minimum Gasteiger partial charge on any atom is -0.481 e. The summed E-state index contributed by atoms with van der Waals surface area (Å²) in [6, 6.07) is 3.55. The zero-order chi connectivity index (χ0) is 14.7. The Bertz CT molecular complexity index is 485. The average molecular weight is 283 g/mol. The molecule has 5 heteroatoms. The van der Waals surface area contributed by atoms with E-state index in [0.29, 0.717) is 18.4 Å². The molecule has 0 heterocycles. The SMILES string of the molecule is CC(NC1CCC(C(=O)O)CC1)c1ccc(F)cc1F. The molecule has 2 rings (SSSR count). The monoisotopic (exact) mass is 283 g/mol. The first-order chi connectivity index (χ1) is 9.47. The van der Waals surface area contributed by atoms with E-state index in [4.69, 9.17) is 5.11 Å². The fourth-order valence-corrected chi connectivity index (χ4v) is 2.80. The molecule has 0 aliphatic heterocycles. The molecule has 3 nitrogen and oxygen atoms in total. The highest BCUT2D eigenvalue weighted by molar-refractivity contribution is 5.70. The molecule has 20 heavy (non-hydrogen) atoms. The molecule has 1 aromatic carbocycles. The molecule has 1 aliphatic rings. The summed E-state index contributed by atoms with van der Waals surface area (Å²) in [4.78, 5) is 10.9. The molecule has 1 unspecified atom stereocenters. The number of hydrogen-bond acceptors (Lipinski definition) is 2. The number of carboxylic acids is 1. The largest absolute Gasteiger partial charge is 0.481 e. The topological polar surface area (TPSA) is 49.3 Å². The molecule has 2 N–H and O–H groups in total. The van der Waals surface area contributed by atoms with Crippen molar-refractivity contribution in [2.75, 3.05) is 0 Å². The van der Waals surface area contributed by atoms with Gasteiger partial charge in [-0.3, -0.25) is 4.79 Å². The number of carboxylic acid groups (broad SMARTS) is 1. The Hall–Kier alpha value is -1.49. The van der Waals surface area contributed by atoms with Gasteiger partial charge in [0.25, 0.3) is 0 Å². The van der Waals surface area contributed by atoms with Crippen molar-refractivity contribution in [2.24, 2.45) is 5.92 Å². The van der Waals surface area contributed by atoms with Crippen molar-refractivity contribution >= 4 is 5.97 Å². The number of carbonyl (C=O) groups is 1. The molecule has 0 saturated heterocycles. The van der Waals surface area contributed by atoms with Crippen molar-refractivity contribution in [3.8, 4) is 0 Å². The summed E-state index contributed by atoms with van der Waals surface area (Å²) in [5.74, 6) is -2.13. The lowest BCUT2D eigenvalue weighted by Gasteiger charge is -2.29. The standard InChI is InChI=1S/C15H19F2NO2/c1-9(13-7-4-11(16)8-14(13)17)18-12-5-2-10(3-6-12)15(19)20/h4,7-10,12,18H,2-3,5-6H2,1H3,(H,19,20). The molecule has 0 amide bonds. The molecule has 110 valence electrons. The Labute approximate surface area is 117 Å². The molecule has 0 radical (unpaired) electrons. The van der Waals surface area contributed by atoms with Crippen LogP contribution in [0.4, 0.5) is 8.78 Å². The highest BCUT2D eigenvalue weighted by Gasteiger charge is 2.27. The van der Waals surface area contributed by atoms with Crippen LogP contribution in [0.3, 0.4) is 0 Å². The third-order valence-corrected chi connectivity index (χ3v) is 3.99. The van der Waals surface area contributed by atoms with Gasteiger partial charge in [-0.2, -0.15) is 0 Å². The second kappa shape index (κ2) is 6.31. The third kappa shape index (κ3) is 3.54. The van der Waals surface area contributed by atoms with E-state index in [1.165, 1.54) is 12.1 Å². The van der Waals surface area contributed by atoms with Crippen LogP contribution in [-0.2, 0) is 4.79 Å². The lowest BCUT2D eigenvalue weighted by atomic mass is 9.85. The highest BCUT2D eigenvalue weighted by atomic mass is 19.1. The fourth-order valence-electron chi connectivity index (χ4n) is 2.80. The Balaban J connectivity index is 1.92. The second-order valence-corrected chi connectivity index (χ2v) is 5.44. The number of hydrogen-bond donors (Lipinski definition) is 2. The molecule has 1 saturated carbocycles. The molecular weight excluding hydrogens is 264 g/mol. The molecule has 0 spiro atoms. The van der Waals surface area contributed by atoms with Gasteiger partial charge in [-0.05, 0) is 38.7 Å². The van der Waals surface area contributed by atoms with Gasteiger partial charge in [-0.25, -0.2) is 8.78 Å². The van der Waals surface area contributed by atoms with Crippen molar-refractivity contribution < 1.29 is 18.7 Å². The van der Waals surface area contributed by atoms with E-state index >= 15 is 0 Å². The van der Waals surface area contributed by atoms with E-state index < -0.39 is 17.6 Å². The number of rotatable bonds is 4. The van der Waals surface area contributed by atoms with Crippen molar-refractivity contribution in [2.45, 2.75) is 44.7 Å². The highest BCUT2D eigenvalue weighted by Crippen LogP contribution is 2.27. The van der Waals surface area contributed by atoms with E-state index in [2.05, 4.69) is 5.32 Å². The summed E-state index contributed by atoms with van der Waals surface area (Å²) < 4.78 is 26.5. The van der Waals surface area contributed by atoms with E-state index in [1.807, 2.05) is 6.92 Å². The van der Waals surface area contributed by atoms with Crippen LogP contribution in [0.25, 0.3) is 0 Å². The molecule has 1 aliphatic carbocycles. The molecule has 1 aromatic rings. The predicted molar refractivity (Wildman–Crippen MR) is 71.3 cm³/mol. The first-order valence-electron chi connectivity index (χ1n) is 6.91. The maximum absolute atomic E-state index is 13.7. The molecule has 1 atom stereocenters. The van der Waals surface area contributed by atoms with Gasteiger partial charge in [0.1, 0.15) is 11.6 Å². The van der Waals surface area contributed by atoms with Gasteiger partial charge in [0, 0.05) is 23.7 Å².